The van der Waals surface area contributed by atoms with Crippen molar-refractivity contribution in [2.24, 2.45) is 5.92 Å². The Balaban J connectivity index is 2.05. The molecular weight excluding hydrogens is 229 g/mol. The second kappa shape index (κ2) is 6.20. The highest BCUT2D eigenvalue weighted by Crippen LogP contribution is 2.29. The molecule has 0 amide bonds. The highest BCUT2D eigenvalue weighted by atomic mass is 16.5. The number of hydrogen-bond donors (Lipinski definition) is 2. The summed E-state index contributed by atoms with van der Waals surface area (Å²) < 4.78 is 5.96. The number of pyridine rings is 1. The van der Waals surface area contributed by atoms with Crippen LogP contribution in [0.15, 0.2) is 18.5 Å². The lowest BCUT2D eigenvalue weighted by atomic mass is 9.81. The van der Waals surface area contributed by atoms with Crippen LogP contribution in [-0.2, 0) is 0 Å². The summed E-state index contributed by atoms with van der Waals surface area (Å²) in [5.41, 5.74) is 0.372. The molecule has 0 radical (unpaired) electrons. The fraction of sp³-hybridized carbons (Fsp3) is 0.615. The van der Waals surface area contributed by atoms with Gasteiger partial charge in [-0.25, -0.2) is 0 Å². The predicted molar refractivity (Wildman–Crippen MR) is 70.7 cm³/mol. The molecule has 0 bridgehead atoms. The van der Waals surface area contributed by atoms with E-state index in [4.69, 9.17) is 14.8 Å². The van der Waals surface area contributed by atoms with Crippen molar-refractivity contribution < 1.29 is 14.8 Å². The summed E-state index contributed by atoms with van der Waals surface area (Å²) in [5.74, 6) is 1.23. The van der Waals surface area contributed by atoms with Crippen LogP contribution in [0.25, 0.3) is 0 Å². The summed E-state index contributed by atoms with van der Waals surface area (Å²) in [6.45, 7) is 2.19. The highest BCUT2D eigenvalue weighted by Gasteiger charge is 2.25. The lowest BCUT2D eigenvalue weighted by Gasteiger charge is -2.31. The first-order chi connectivity index (χ1) is 8.70. The molecule has 5 heteroatoms. The van der Waals surface area contributed by atoms with E-state index in [-0.39, 0.29) is 6.10 Å². The molecule has 1 saturated carbocycles. The van der Waals surface area contributed by atoms with Gasteiger partial charge < -0.3 is 14.8 Å². The lowest BCUT2D eigenvalue weighted by Crippen LogP contribution is -2.32. The molecule has 2 N–H and O–H groups in total. The van der Waals surface area contributed by atoms with Gasteiger partial charge >= 0.3 is 7.12 Å². The Hall–Kier alpha value is -1.07. The first-order valence-corrected chi connectivity index (χ1v) is 6.68. The minimum absolute atomic E-state index is 0.233. The quantitative estimate of drug-likeness (QED) is 0.784. The summed E-state index contributed by atoms with van der Waals surface area (Å²) in [4.78, 5) is 3.98. The smallest absolute Gasteiger partial charge is 0.489 e. The van der Waals surface area contributed by atoms with E-state index >= 15 is 0 Å². The van der Waals surface area contributed by atoms with E-state index in [1.165, 1.54) is 25.5 Å². The van der Waals surface area contributed by atoms with Crippen LogP contribution in [0.1, 0.15) is 39.0 Å². The molecule has 2 atom stereocenters. The van der Waals surface area contributed by atoms with E-state index in [1.807, 2.05) is 0 Å². The zero-order chi connectivity index (χ0) is 13.0. The highest BCUT2D eigenvalue weighted by molar-refractivity contribution is 6.58. The Labute approximate surface area is 108 Å². The molecule has 1 aliphatic rings. The molecule has 0 spiro atoms. The lowest BCUT2D eigenvalue weighted by molar-refractivity contribution is 0.0901. The average Bonchev–Trinajstić information content (AvgIpc) is 2.39. The van der Waals surface area contributed by atoms with Crippen molar-refractivity contribution in [2.75, 3.05) is 0 Å². The zero-order valence-electron chi connectivity index (χ0n) is 10.7. The van der Waals surface area contributed by atoms with Crippen molar-refractivity contribution >= 4 is 12.6 Å². The molecule has 1 aliphatic carbocycles. The number of ether oxygens (including phenoxy) is 1. The first-order valence-electron chi connectivity index (χ1n) is 6.68. The molecule has 18 heavy (non-hydrogen) atoms. The third-order valence-corrected chi connectivity index (χ3v) is 3.68. The van der Waals surface area contributed by atoms with E-state index in [9.17, 15) is 0 Å². The van der Waals surface area contributed by atoms with Gasteiger partial charge in [0, 0.05) is 11.7 Å². The van der Waals surface area contributed by atoms with Crippen LogP contribution in [0, 0.1) is 5.92 Å². The molecule has 1 heterocycles. The van der Waals surface area contributed by atoms with Crippen LogP contribution < -0.4 is 10.2 Å². The van der Waals surface area contributed by atoms with Crippen LogP contribution in [0.5, 0.6) is 5.75 Å². The van der Waals surface area contributed by atoms with Crippen LogP contribution in [-0.4, -0.2) is 28.3 Å². The standard InChI is InChI=1S/C13H20BNO3/c1-2-10-5-3-4-6-13(10)18-12-7-11(14(16)17)8-15-9-12/h7-10,13,16-17H,2-6H2,1H3. The maximum Gasteiger partial charge on any atom is 0.490 e. The van der Waals surface area contributed by atoms with Crippen molar-refractivity contribution in [2.45, 2.75) is 45.1 Å². The van der Waals surface area contributed by atoms with E-state index in [2.05, 4.69) is 11.9 Å². The fourth-order valence-corrected chi connectivity index (χ4v) is 2.61. The van der Waals surface area contributed by atoms with E-state index in [0.717, 1.165) is 12.8 Å². The molecule has 1 aromatic rings. The molecule has 2 rings (SSSR count). The first kappa shape index (κ1) is 13.4. The second-order valence-electron chi connectivity index (χ2n) is 4.94. The maximum atomic E-state index is 9.11. The normalized spacial score (nSPS) is 23.7. The summed E-state index contributed by atoms with van der Waals surface area (Å²) in [6.07, 6.45) is 9.21. The van der Waals surface area contributed by atoms with Gasteiger partial charge in [0.05, 0.1) is 6.20 Å². The van der Waals surface area contributed by atoms with Gasteiger partial charge in [-0.15, -0.1) is 0 Å². The van der Waals surface area contributed by atoms with E-state index < -0.39 is 7.12 Å². The number of aromatic nitrogens is 1. The zero-order valence-corrected chi connectivity index (χ0v) is 10.7. The molecule has 0 saturated heterocycles. The van der Waals surface area contributed by atoms with Gasteiger partial charge in [-0.05, 0) is 37.7 Å². The SMILES string of the molecule is CCC1CCCCC1Oc1cncc(B(O)O)c1. The van der Waals surface area contributed by atoms with Crippen molar-refractivity contribution in [1.29, 1.82) is 0 Å². The van der Waals surface area contributed by atoms with Crippen molar-refractivity contribution in [3.8, 4) is 5.75 Å². The van der Waals surface area contributed by atoms with Crippen LogP contribution >= 0.6 is 0 Å². The fourth-order valence-electron chi connectivity index (χ4n) is 2.61. The van der Waals surface area contributed by atoms with E-state index in [1.54, 1.807) is 12.3 Å². The van der Waals surface area contributed by atoms with Gasteiger partial charge in [0.2, 0.25) is 0 Å². The molecule has 4 nitrogen and oxygen atoms in total. The monoisotopic (exact) mass is 249 g/mol. The van der Waals surface area contributed by atoms with Crippen LogP contribution in [0.4, 0.5) is 0 Å². The van der Waals surface area contributed by atoms with E-state index in [0.29, 0.717) is 17.1 Å². The van der Waals surface area contributed by atoms with Crippen LogP contribution in [0.3, 0.4) is 0 Å². The minimum Gasteiger partial charge on any atom is -0.489 e. The van der Waals surface area contributed by atoms with Gasteiger partial charge in [0.1, 0.15) is 11.9 Å². The molecule has 1 fully saturated rings. The number of rotatable bonds is 4. The van der Waals surface area contributed by atoms with Crippen molar-refractivity contribution in [3.63, 3.8) is 0 Å². The van der Waals surface area contributed by atoms with Gasteiger partial charge in [-0.2, -0.15) is 0 Å². The summed E-state index contributed by atoms with van der Waals surface area (Å²) in [5, 5.41) is 18.2. The molecule has 0 aromatic carbocycles. The summed E-state index contributed by atoms with van der Waals surface area (Å²) >= 11 is 0. The average molecular weight is 249 g/mol. The second-order valence-corrected chi connectivity index (χ2v) is 4.94. The topological polar surface area (TPSA) is 62.6 Å². The van der Waals surface area contributed by atoms with Crippen molar-refractivity contribution in [1.82, 2.24) is 4.98 Å². The Kier molecular flexibility index (Phi) is 4.61. The summed E-state index contributed by atoms with van der Waals surface area (Å²) in [6, 6.07) is 1.65. The molecule has 1 aromatic heterocycles. The maximum absolute atomic E-state index is 9.11. The predicted octanol–water partition coefficient (Wildman–Crippen LogP) is 1.11. The number of nitrogens with zero attached hydrogens (tertiary/aromatic N) is 1. The van der Waals surface area contributed by atoms with Gasteiger partial charge in [0.15, 0.2) is 0 Å². The molecule has 2 unspecified atom stereocenters. The minimum atomic E-state index is -1.49. The third-order valence-electron chi connectivity index (χ3n) is 3.68. The molecule has 0 aliphatic heterocycles. The molecule has 98 valence electrons. The van der Waals surface area contributed by atoms with Crippen molar-refractivity contribution in [3.05, 3.63) is 18.5 Å². The Morgan fingerprint density at radius 3 is 2.83 bits per heavy atom. The Bertz CT molecular complexity index is 386. The van der Waals surface area contributed by atoms with Gasteiger partial charge in [-0.1, -0.05) is 13.3 Å². The Morgan fingerprint density at radius 2 is 2.11 bits per heavy atom. The largest absolute Gasteiger partial charge is 0.490 e. The Morgan fingerprint density at radius 1 is 1.33 bits per heavy atom. The number of hydrogen-bond acceptors (Lipinski definition) is 4. The van der Waals surface area contributed by atoms with Gasteiger partial charge in [0.25, 0.3) is 0 Å². The van der Waals surface area contributed by atoms with Gasteiger partial charge in [-0.3, -0.25) is 4.98 Å². The van der Waals surface area contributed by atoms with Crippen LogP contribution in [0.2, 0.25) is 0 Å². The summed E-state index contributed by atoms with van der Waals surface area (Å²) in [7, 11) is -1.49. The third kappa shape index (κ3) is 3.24. The molecular formula is C13H20BNO3.